The number of nitrogens with zero attached hydrogens (tertiary/aromatic N) is 3. The third-order valence-electron chi connectivity index (χ3n) is 5.90. The fourth-order valence-corrected chi connectivity index (χ4v) is 4.42. The first-order valence-electron chi connectivity index (χ1n) is 11.1. The van der Waals surface area contributed by atoms with Crippen LogP contribution < -0.4 is 10.3 Å². The van der Waals surface area contributed by atoms with Crippen molar-refractivity contribution in [2.24, 2.45) is 0 Å². The van der Waals surface area contributed by atoms with E-state index in [0.29, 0.717) is 40.3 Å². The van der Waals surface area contributed by atoms with E-state index < -0.39 is 11.4 Å². The average Bonchev–Trinajstić information content (AvgIpc) is 2.89. The summed E-state index contributed by atoms with van der Waals surface area (Å²) >= 11 is 6.59. The quantitative estimate of drug-likeness (QED) is 0.341. The summed E-state index contributed by atoms with van der Waals surface area (Å²) in [6.07, 6.45) is 0. The highest BCUT2D eigenvalue weighted by Crippen LogP contribution is 2.30. The molecule has 0 bridgehead atoms. The van der Waals surface area contributed by atoms with Crippen molar-refractivity contribution in [2.45, 2.75) is 25.3 Å². The molecule has 1 aromatic heterocycles. The standard InChI is InChI=1S/C27H26ClN3O3/c1-4-30(27(33)24(28)19-12-6-5-7-13-19)18(2)25-29-21-15-9-8-14-20(21)26(32)31(25)22-16-10-11-17-23(22)34-3/h5-18,24H,4H2,1-3H3. The Morgan fingerprint density at radius 3 is 2.38 bits per heavy atom. The van der Waals surface area contributed by atoms with Crippen molar-refractivity contribution in [3.05, 3.63) is 101 Å². The van der Waals surface area contributed by atoms with Gasteiger partial charge in [0.15, 0.2) is 0 Å². The molecule has 0 saturated carbocycles. The van der Waals surface area contributed by atoms with E-state index in [1.165, 1.54) is 4.57 Å². The highest BCUT2D eigenvalue weighted by Gasteiger charge is 2.30. The molecule has 3 aromatic carbocycles. The van der Waals surface area contributed by atoms with Crippen molar-refractivity contribution < 1.29 is 9.53 Å². The predicted molar refractivity (Wildman–Crippen MR) is 135 cm³/mol. The van der Waals surface area contributed by atoms with Gasteiger partial charge in [0.2, 0.25) is 5.91 Å². The molecular formula is C27H26ClN3O3. The van der Waals surface area contributed by atoms with Crippen molar-refractivity contribution in [3.8, 4) is 11.4 Å². The molecule has 0 aliphatic rings. The third kappa shape index (κ3) is 4.29. The van der Waals surface area contributed by atoms with Crippen molar-refractivity contribution in [1.82, 2.24) is 14.5 Å². The molecule has 7 heteroatoms. The Bertz CT molecular complexity index is 1370. The maximum absolute atomic E-state index is 13.7. The number of benzene rings is 3. The topological polar surface area (TPSA) is 64.4 Å². The predicted octanol–water partition coefficient (Wildman–Crippen LogP) is 5.28. The van der Waals surface area contributed by atoms with Gasteiger partial charge < -0.3 is 9.64 Å². The number of carbonyl (C=O) groups is 1. The number of likely N-dealkylation sites (N-methyl/N-ethyl adjacent to an activating group) is 1. The summed E-state index contributed by atoms with van der Waals surface area (Å²) in [6.45, 7) is 4.14. The molecule has 0 N–H and O–H groups in total. The Kier molecular flexibility index (Phi) is 6.98. The van der Waals surface area contributed by atoms with Crippen LogP contribution in [0.3, 0.4) is 0 Å². The number of halogens is 1. The smallest absolute Gasteiger partial charge is 0.266 e. The Morgan fingerprint density at radius 1 is 1.03 bits per heavy atom. The summed E-state index contributed by atoms with van der Waals surface area (Å²) in [6, 6.07) is 23.1. The van der Waals surface area contributed by atoms with Gasteiger partial charge >= 0.3 is 0 Å². The second-order valence-electron chi connectivity index (χ2n) is 7.87. The normalized spacial score (nSPS) is 12.8. The van der Waals surface area contributed by atoms with Gasteiger partial charge in [-0.3, -0.25) is 14.2 Å². The van der Waals surface area contributed by atoms with Gasteiger partial charge in [-0.25, -0.2) is 4.98 Å². The maximum Gasteiger partial charge on any atom is 0.266 e. The van der Waals surface area contributed by atoms with Gasteiger partial charge in [0.05, 0.1) is 29.7 Å². The lowest BCUT2D eigenvalue weighted by molar-refractivity contribution is -0.133. The van der Waals surface area contributed by atoms with Crippen LogP contribution in [0.15, 0.2) is 83.7 Å². The zero-order valence-corrected chi connectivity index (χ0v) is 20.1. The maximum atomic E-state index is 13.7. The van der Waals surface area contributed by atoms with E-state index in [-0.39, 0.29) is 11.5 Å². The number of ether oxygens (including phenoxy) is 1. The molecule has 0 spiro atoms. The molecule has 6 nitrogen and oxygen atoms in total. The summed E-state index contributed by atoms with van der Waals surface area (Å²) in [5.74, 6) is 0.709. The first-order chi connectivity index (χ1) is 16.5. The third-order valence-corrected chi connectivity index (χ3v) is 6.34. The van der Waals surface area contributed by atoms with Crippen LogP contribution in [0.5, 0.6) is 5.75 Å². The van der Waals surface area contributed by atoms with Crippen LogP contribution in [-0.4, -0.2) is 34.0 Å². The van der Waals surface area contributed by atoms with Gasteiger partial charge in [0.25, 0.3) is 5.56 Å². The van der Waals surface area contributed by atoms with E-state index in [9.17, 15) is 9.59 Å². The minimum atomic E-state index is -0.851. The first kappa shape index (κ1) is 23.5. The zero-order chi connectivity index (χ0) is 24.2. The van der Waals surface area contributed by atoms with Crippen LogP contribution in [0.1, 0.15) is 36.7 Å². The summed E-state index contributed by atoms with van der Waals surface area (Å²) in [4.78, 5) is 33.6. The lowest BCUT2D eigenvalue weighted by Gasteiger charge is -2.31. The number of amides is 1. The molecule has 2 atom stereocenters. The van der Waals surface area contributed by atoms with Crippen LogP contribution in [0.2, 0.25) is 0 Å². The second-order valence-corrected chi connectivity index (χ2v) is 8.31. The molecule has 0 fully saturated rings. The zero-order valence-electron chi connectivity index (χ0n) is 19.3. The molecule has 1 amide bonds. The van der Waals surface area contributed by atoms with E-state index in [2.05, 4.69) is 0 Å². The molecule has 0 aliphatic carbocycles. The molecule has 2 unspecified atom stereocenters. The van der Waals surface area contributed by atoms with Gasteiger partial charge in [-0.2, -0.15) is 0 Å². The summed E-state index contributed by atoms with van der Waals surface area (Å²) < 4.78 is 7.08. The monoisotopic (exact) mass is 475 g/mol. The highest BCUT2D eigenvalue weighted by molar-refractivity contribution is 6.30. The molecule has 4 rings (SSSR count). The lowest BCUT2D eigenvalue weighted by atomic mass is 10.1. The van der Waals surface area contributed by atoms with Gasteiger partial charge in [-0.05, 0) is 43.7 Å². The van der Waals surface area contributed by atoms with Gasteiger partial charge in [0, 0.05) is 6.54 Å². The SMILES string of the molecule is CCN(C(=O)C(Cl)c1ccccc1)C(C)c1nc2ccccc2c(=O)n1-c1ccccc1OC. The van der Waals surface area contributed by atoms with Gasteiger partial charge in [0.1, 0.15) is 17.0 Å². The van der Waals surface area contributed by atoms with Gasteiger partial charge in [-0.1, -0.05) is 54.6 Å². The minimum absolute atomic E-state index is 0.231. The van der Waals surface area contributed by atoms with E-state index in [4.69, 9.17) is 21.3 Å². The van der Waals surface area contributed by atoms with Crippen molar-refractivity contribution >= 4 is 28.4 Å². The van der Waals surface area contributed by atoms with E-state index >= 15 is 0 Å². The number of rotatable bonds is 7. The van der Waals surface area contributed by atoms with Crippen molar-refractivity contribution in [3.63, 3.8) is 0 Å². The number of hydrogen-bond donors (Lipinski definition) is 0. The number of fused-ring (bicyclic) bond motifs is 1. The number of para-hydroxylation sites is 3. The molecule has 0 radical (unpaired) electrons. The molecular weight excluding hydrogens is 450 g/mol. The molecule has 1 heterocycles. The molecule has 34 heavy (non-hydrogen) atoms. The number of aromatic nitrogens is 2. The number of methoxy groups -OCH3 is 1. The number of hydrogen-bond acceptors (Lipinski definition) is 4. The van der Waals surface area contributed by atoms with E-state index in [1.54, 1.807) is 42.3 Å². The molecule has 4 aromatic rings. The first-order valence-corrected chi connectivity index (χ1v) is 11.6. The van der Waals surface area contributed by atoms with Crippen LogP contribution >= 0.6 is 11.6 Å². The van der Waals surface area contributed by atoms with Crippen LogP contribution in [0.25, 0.3) is 16.6 Å². The van der Waals surface area contributed by atoms with E-state index in [0.717, 1.165) is 0 Å². The van der Waals surface area contributed by atoms with Crippen LogP contribution in [-0.2, 0) is 4.79 Å². The highest BCUT2D eigenvalue weighted by atomic mass is 35.5. The van der Waals surface area contributed by atoms with Crippen molar-refractivity contribution in [1.29, 1.82) is 0 Å². The molecule has 174 valence electrons. The Morgan fingerprint density at radius 2 is 1.68 bits per heavy atom. The largest absolute Gasteiger partial charge is 0.495 e. The minimum Gasteiger partial charge on any atom is -0.495 e. The summed E-state index contributed by atoms with van der Waals surface area (Å²) in [7, 11) is 1.56. The fourth-order valence-electron chi connectivity index (χ4n) is 4.15. The van der Waals surface area contributed by atoms with Crippen LogP contribution in [0.4, 0.5) is 0 Å². The second kappa shape index (κ2) is 10.1. The lowest BCUT2D eigenvalue weighted by Crippen LogP contribution is -2.39. The van der Waals surface area contributed by atoms with Crippen molar-refractivity contribution in [2.75, 3.05) is 13.7 Å². The van der Waals surface area contributed by atoms with Crippen LogP contribution in [0, 0.1) is 0 Å². The summed E-state index contributed by atoms with van der Waals surface area (Å²) in [5.41, 5.74) is 1.61. The Hall–Kier alpha value is -3.64. The number of carbonyl (C=O) groups excluding carboxylic acids is 1. The van der Waals surface area contributed by atoms with Gasteiger partial charge in [-0.15, -0.1) is 11.6 Å². The summed E-state index contributed by atoms with van der Waals surface area (Å²) in [5, 5.41) is -0.367. The fraction of sp³-hybridized carbons (Fsp3) is 0.222. The molecule has 0 saturated heterocycles. The van der Waals surface area contributed by atoms with E-state index in [1.807, 2.05) is 62.4 Å². The Labute approximate surface area is 203 Å². The average molecular weight is 476 g/mol. The molecule has 0 aliphatic heterocycles. The Balaban J connectivity index is 1.88. The number of alkyl halides is 1.